The van der Waals surface area contributed by atoms with Gasteiger partial charge < -0.3 is 10.4 Å². The summed E-state index contributed by atoms with van der Waals surface area (Å²) in [5, 5.41) is 20.7. The molecule has 1 heterocycles. The average Bonchev–Trinajstić information content (AvgIpc) is 2.44. The molecule has 0 bridgehead atoms. The maximum absolute atomic E-state index is 10.9. The van der Waals surface area contributed by atoms with Crippen LogP contribution in [0.5, 0.6) is 0 Å². The molecule has 0 aliphatic carbocycles. The van der Waals surface area contributed by atoms with Gasteiger partial charge in [0.05, 0.1) is 5.56 Å². The zero-order valence-electron chi connectivity index (χ0n) is 10.8. The Kier molecular flexibility index (Phi) is 3.91. The summed E-state index contributed by atoms with van der Waals surface area (Å²) in [6.07, 6.45) is 0. The molecule has 100 valence electrons. The number of aromatic nitrogens is 2. The van der Waals surface area contributed by atoms with E-state index >= 15 is 0 Å². The molecular formula is C14H12N4O2. The number of hydrogen-bond acceptors (Lipinski definition) is 5. The Bertz CT molecular complexity index is 692. The fourth-order valence-corrected chi connectivity index (χ4v) is 1.70. The molecule has 0 radical (unpaired) electrons. The molecular weight excluding hydrogens is 256 g/mol. The van der Waals surface area contributed by atoms with Crippen LogP contribution in [0, 0.1) is 18.3 Å². The van der Waals surface area contributed by atoms with Crippen molar-refractivity contribution in [2.45, 2.75) is 13.5 Å². The number of benzene rings is 1. The number of nitrogens with one attached hydrogen (secondary N) is 1. The number of hydrogen-bond donors (Lipinski definition) is 2. The topological polar surface area (TPSA) is 98.9 Å². The van der Waals surface area contributed by atoms with Gasteiger partial charge in [0.15, 0.2) is 0 Å². The van der Waals surface area contributed by atoms with Crippen molar-refractivity contribution in [1.29, 1.82) is 5.26 Å². The van der Waals surface area contributed by atoms with Gasteiger partial charge in [-0.3, -0.25) is 0 Å². The minimum atomic E-state index is -0.967. The summed E-state index contributed by atoms with van der Waals surface area (Å²) in [5.74, 6) is -0.618. The average molecular weight is 268 g/mol. The van der Waals surface area contributed by atoms with Crippen LogP contribution < -0.4 is 5.32 Å². The third-order valence-corrected chi connectivity index (χ3v) is 2.59. The van der Waals surface area contributed by atoms with Gasteiger partial charge in [-0.15, -0.1) is 0 Å². The highest BCUT2D eigenvalue weighted by Gasteiger charge is 2.05. The van der Waals surface area contributed by atoms with Crippen molar-refractivity contribution in [2.24, 2.45) is 0 Å². The largest absolute Gasteiger partial charge is 0.478 e. The lowest BCUT2D eigenvalue weighted by atomic mass is 10.1. The molecule has 0 spiro atoms. The first kappa shape index (κ1) is 13.5. The van der Waals surface area contributed by atoms with Crippen molar-refractivity contribution in [3.05, 3.63) is 52.8 Å². The van der Waals surface area contributed by atoms with Crippen LogP contribution in [0.15, 0.2) is 30.3 Å². The predicted molar refractivity (Wildman–Crippen MR) is 72.2 cm³/mol. The quantitative estimate of drug-likeness (QED) is 0.879. The maximum atomic E-state index is 10.9. The van der Waals surface area contributed by atoms with Crippen LogP contribution in [0.3, 0.4) is 0 Å². The molecule has 1 aromatic heterocycles. The monoisotopic (exact) mass is 268 g/mol. The SMILES string of the molecule is Cc1cc(C#N)nc(NCc2cccc(C(=O)O)c2)n1. The Balaban J connectivity index is 2.13. The molecule has 20 heavy (non-hydrogen) atoms. The smallest absolute Gasteiger partial charge is 0.335 e. The van der Waals surface area contributed by atoms with Crippen molar-refractivity contribution >= 4 is 11.9 Å². The van der Waals surface area contributed by atoms with E-state index in [2.05, 4.69) is 15.3 Å². The zero-order chi connectivity index (χ0) is 14.5. The fourth-order valence-electron chi connectivity index (χ4n) is 1.70. The molecule has 2 N–H and O–H groups in total. The minimum absolute atomic E-state index is 0.229. The van der Waals surface area contributed by atoms with E-state index < -0.39 is 5.97 Å². The second-order valence-electron chi connectivity index (χ2n) is 4.19. The Morgan fingerprint density at radius 3 is 2.90 bits per heavy atom. The Labute approximate surface area is 115 Å². The van der Waals surface area contributed by atoms with Crippen molar-refractivity contribution in [3.8, 4) is 6.07 Å². The maximum Gasteiger partial charge on any atom is 0.335 e. The van der Waals surface area contributed by atoms with E-state index in [0.717, 1.165) is 5.56 Å². The van der Waals surface area contributed by atoms with Crippen molar-refractivity contribution in [2.75, 3.05) is 5.32 Å². The minimum Gasteiger partial charge on any atom is -0.478 e. The summed E-state index contributed by atoms with van der Waals surface area (Å²) in [6, 6.07) is 10.2. The van der Waals surface area contributed by atoms with Crippen LogP contribution in [0.2, 0.25) is 0 Å². The molecule has 0 aliphatic heterocycles. The fraction of sp³-hybridized carbons (Fsp3) is 0.143. The number of aromatic carboxylic acids is 1. The second-order valence-corrected chi connectivity index (χ2v) is 4.19. The van der Waals surface area contributed by atoms with E-state index in [1.807, 2.05) is 6.07 Å². The van der Waals surface area contributed by atoms with Crippen molar-refractivity contribution in [1.82, 2.24) is 9.97 Å². The molecule has 6 heteroatoms. The molecule has 0 unspecified atom stereocenters. The lowest BCUT2D eigenvalue weighted by Crippen LogP contribution is -2.06. The van der Waals surface area contributed by atoms with Gasteiger partial charge in [0.1, 0.15) is 11.8 Å². The van der Waals surface area contributed by atoms with E-state index in [1.165, 1.54) is 6.07 Å². The van der Waals surface area contributed by atoms with E-state index in [0.29, 0.717) is 23.9 Å². The summed E-state index contributed by atoms with van der Waals surface area (Å²) >= 11 is 0. The van der Waals surface area contributed by atoms with Gasteiger partial charge in [-0.2, -0.15) is 5.26 Å². The summed E-state index contributed by atoms with van der Waals surface area (Å²) in [7, 11) is 0. The third kappa shape index (κ3) is 3.29. The molecule has 0 saturated carbocycles. The summed E-state index contributed by atoms with van der Waals surface area (Å²) in [6.45, 7) is 2.16. The first-order valence-electron chi connectivity index (χ1n) is 5.90. The lowest BCUT2D eigenvalue weighted by molar-refractivity contribution is 0.0697. The number of anilines is 1. The Hall–Kier alpha value is -2.94. The molecule has 6 nitrogen and oxygen atoms in total. The van der Waals surface area contributed by atoms with Crippen LogP contribution in [0.4, 0.5) is 5.95 Å². The molecule has 0 atom stereocenters. The van der Waals surface area contributed by atoms with Crippen molar-refractivity contribution < 1.29 is 9.90 Å². The highest BCUT2D eigenvalue weighted by molar-refractivity contribution is 5.87. The van der Waals surface area contributed by atoms with Gasteiger partial charge in [-0.1, -0.05) is 12.1 Å². The number of nitriles is 1. The Morgan fingerprint density at radius 2 is 2.20 bits per heavy atom. The molecule has 1 aromatic carbocycles. The number of nitrogens with zero attached hydrogens (tertiary/aromatic N) is 3. The summed E-state index contributed by atoms with van der Waals surface area (Å²) in [5.41, 5.74) is 2.01. The summed E-state index contributed by atoms with van der Waals surface area (Å²) in [4.78, 5) is 19.1. The first-order valence-corrected chi connectivity index (χ1v) is 5.90. The van der Waals surface area contributed by atoms with Crippen LogP contribution in [0.25, 0.3) is 0 Å². The van der Waals surface area contributed by atoms with Crippen LogP contribution in [-0.2, 0) is 6.54 Å². The van der Waals surface area contributed by atoms with Gasteiger partial charge >= 0.3 is 5.97 Å². The van der Waals surface area contributed by atoms with Gasteiger partial charge in [-0.25, -0.2) is 14.8 Å². The molecule has 2 rings (SSSR count). The predicted octanol–water partition coefficient (Wildman–Crippen LogP) is 1.97. The zero-order valence-corrected chi connectivity index (χ0v) is 10.8. The normalized spacial score (nSPS) is 9.80. The molecule has 0 saturated heterocycles. The Morgan fingerprint density at radius 1 is 1.40 bits per heavy atom. The molecule has 2 aromatic rings. The summed E-state index contributed by atoms with van der Waals surface area (Å²) < 4.78 is 0. The number of aryl methyl sites for hydroxylation is 1. The van der Waals surface area contributed by atoms with E-state index in [4.69, 9.17) is 10.4 Å². The number of rotatable bonds is 4. The molecule has 0 fully saturated rings. The third-order valence-electron chi connectivity index (χ3n) is 2.59. The highest BCUT2D eigenvalue weighted by Crippen LogP contribution is 2.09. The first-order chi connectivity index (χ1) is 9.58. The van der Waals surface area contributed by atoms with E-state index in [-0.39, 0.29) is 5.56 Å². The lowest BCUT2D eigenvalue weighted by Gasteiger charge is -2.06. The number of carboxylic acid groups (broad SMARTS) is 1. The van der Waals surface area contributed by atoms with Gasteiger partial charge in [0.25, 0.3) is 0 Å². The number of carbonyl (C=O) groups is 1. The van der Waals surface area contributed by atoms with Gasteiger partial charge in [-0.05, 0) is 30.7 Å². The van der Waals surface area contributed by atoms with Gasteiger partial charge in [0.2, 0.25) is 5.95 Å². The van der Waals surface area contributed by atoms with Crippen LogP contribution >= 0.6 is 0 Å². The van der Waals surface area contributed by atoms with E-state index in [9.17, 15) is 4.79 Å². The van der Waals surface area contributed by atoms with Crippen molar-refractivity contribution in [3.63, 3.8) is 0 Å². The number of carboxylic acids is 1. The van der Waals surface area contributed by atoms with Gasteiger partial charge in [0, 0.05) is 12.2 Å². The highest BCUT2D eigenvalue weighted by atomic mass is 16.4. The van der Waals surface area contributed by atoms with E-state index in [1.54, 1.807) is 31.2 Å². The van der Waals surface area contributed by atoms with Crippen LogP contribution in [-0.4, -0.2) is 21.0 Å². The molecule has 0 aliphatic rings. The van der Waals surface area contributed by atoms with Crippen LogP contribution in [0.1, 0.15) is 27.3 Å². The second kappa shape index (κ2) is 5.80. The standard InChI is InChI=1S/C14H12N4O2/c1-9-5-12(7-15)18-14(17-9)16-8-10-3-2-4-11(6-10)13(19)20/h2-6H,8H2,1H3,(H,19,20)(H,16,17,18). The molecule has 0 amide bonds.